The van der Waals surface area contributed by atoms with Crippen molar-refractivity contribution in [1.82, 2.24) is 24.5 Å². The number of nitrogens with zero attached hydrogens (tertiary/aromatic N) is 3. The third-order valence-corrected chi connectivity index (χ3v) is 6.62. The number of aromatic amines is 1. The average Bonchev–Trinajstić information content (AvgIpc) is 3.08. The first-order valence-corrected chi connectivity index (χ1v) is 12.1. The maximum atomic E-state index is 12.9. The first kappa shape index (κ1) is 23.9. The molecule has 174 valence electrons. The molecule has 0 aliphatic carbocycles. The van der Waals surface area contributed by atoms with Crippen LogP contribution in [0.15, 0.2) is 27.9 Å². The molecular weight excluding hydrogens is 434 g/mol. The lowest BCUT2D eigenvalue weighted by Crippen LogP contribution is -2.36. The van der Waals surface area contributed by atoms with Crippen LogP contribution in [0.5, 0.6) is 5.75 Å². The van der Waals surface area contributed by atoms with Crippen molar-refractivity contribution in [3.63, 3.8) is 0 Å². The second-order valence-corrected chi connectivity index (χ2v) is 9.15. The molecule has 0 spiro atoms. The summed E-state index contributed by atoms with van der Waals surface area (Å²) in [6.07, 6.45) is 1.93. The minimum atomic E-state index is -3.91. The first-order chi connectivity index (χ1) is 15.2. The van der Waals surface area contributed by atoms with Gasteiger partial charge in [0, 0.05) is 13.1 Å². The quantitative estimate of drug-likeness (QED) is 0.416. The number of aliphatic hydroxyl groups excluding tert-OH is 1. The van der Waals surface area contributed by atoms with Crippen LogP contribution >= 0.6 is 0 Å². The molecule has 0 saturated carbocycles. The summed E-state index contributed by atoms with van der Waals surface area (Å²) in [4.78, 5) is 20.2. The van der Waals surface area contributed by atoms with Gasteiger partial charge in [0.1, 0.15) is 17.1 Å². The van der Waals surface area contributed by atoms with Crippen LogP contribution in [-0.2, 0) is 23.5 Å². The molecule has 10 nitrogen and oxygen atoms in total. The number of benzene rings is 1. The van der Waals surface area contributed by atoms with Crippen LogP contribution in [-0.4, -0.2) is 52.5 Å². The lowest BCUT2D eigenvalue weighted by atomic mass is 10.1. The van der Waals surface area contributed by atoms with Crippen molar-refractivity contribution in [2.75, 3.05) is 13.2 Å². The summed E-state index contributed by atoms with van der Waals surface area (Å²) >= 11 is 0. The third-order valence-electron chi connectivity index (χ3n) is 5.10. The molecule has 0 fully saturated rings. The fraction of sp³-hybridized carbons (Fsp3) is 0.476. The molecule has 0 aliphatic heterocycles. The number of sulfonamides is 1. The van der Waals surface area contributed by atoms with Crippen LogP contribution in [0.4, 0.5) is 0 Å². The Bertz CT molecular complexity index is 1260. The Balaban J connectivity index is 2.20. The molecular formula is C21H29N5O5S. The zero-order valence-electron chi connectivity index (χ0n) is 18.7. The number of ether oxygens (including phenoxy) is 1. The minimum Gasteiger partial charge on any atom is -0.493 e. The molecule has 0 radical (unpaired) electrons. The number of fused-ring (bicyclic) bond motifs is 1. The third kappa shape index (κ3) is 4.69. The van der Waals surface area contributed by atoms with Crippen molar-refractivity contribution in [3.8, 4) is 17.1 Å². The summed E-state index contributed by atoms with van der Waals surface area (Å²) < 4.78 is 35.4. The smallest absolute Gasteiger partial charge is 0.277 e. The van der Waals surface area contributed by atoms with Gasteiger partial charge in [-0.2, -0.15) is 5.10 Å². The fourth-order valence-corrected chi connectivity index (χ4v) is 4.80. The van der Waals surface area contributed by atoms with Gasteiger partial charge in [0.2, 0.25) is 10.0 Å². The van der Waals surface area contributed by atoms with Crippen LogP contribution in [0, 0.1) is 0 Å². The van der Waals surface area contributed by atoms with E-state index in [1.165, 1.54) is 22.9 Å². The Morgan fingerprint density at radius 3 is 2.66 bits per heavy atom. The Morgan fingerprint density at radius 1 is 1.28 bits per heavy atom. The van der Waals surface area contributed by atoms with Gasteiger partial charge in [0.05, 0.1) is 29.4 Å². The zero-order chi connectivity index (χ0) is 23.5. The highest BCUT2D eigenvalue weighted by Gasteiger charge is 2.23. The maximum Gasteiger partial charge on any atom is 0.277 e. The van der Waals surface area contributed by atoms with Crippen molar-refractivity contribution in [2.24, 2.45) is 7.05 Å². The molecule has 1 atom stereocenters. The number of hydrogen-bond donors (Lipinski definition) is 3. The molecule has 1 aromatic carbocycles. The van der Waals surface area contributed by atoms with Crippen LogP contribution in [0.1, 0.15) is 39.3 Å². The highest BCUT2D eigenvalue weighted by Crippen LogP contribution is 2.31. The van der Waals surface area contributed by atoms with E-state index in [9.17, 15) is 18.3 Å². The molecule has 3 N–H and O–H groups in total. The van der Waals surface area contributed by atoms with Gasteiger partial charge in [0.15, 0.2) is 5.52 Å². The van der Waals surface area contributed by atoms with Crippen molar-refractivity contribution in [3.05, 3.63) is 34.2 Å². The molecule has 2 aromatic heterocycles. The molecule has 11 heteroatoms. The summed E-state index contributed by atoms with van der Waals surface area (Å²) in [5.74, 6) is 0.589. The van der Waals surface area contributed by atoms with Crippen molar-refractivity contribution in [2.45, 2.75) is 51.0 Å². The van der Waals surface area contributed by atoms with Gasteiger partial charge in [-0.1, -0.05) is 20.3 Å². The fourth-order valence-electron chi connectivity index (χ4n) is 3.46. The van der Waals surface area contributed by atoms with Gasteiger partial charge in [-0.15, -0.1) is 0 Å². The number of aromatic nitrogens is 4. The molecule has 3 aromatic rings. The van der Waals surface area contributed by atoms with E-state index >= 15 is 0 Å². The highest BCUT2D eigenvalue weighted by molar-refractivity contribution is 7.89. The normalized spacial score (nSPS) is 12.9. The van der Waals surface area contributed by atoms with E-state index in [4.69, 9.17) is 4.74 Å². The summed E-state index contributed by atoms with van der Waals surface area (Å²) in [5.41, 5.74) is 1.51. The highest BCUT2D eigenvalue weighted by atomic mass is 32.2. The second kappa shape index (κ2) is 9.80. The Hall–Kier alpha value is -2.76. The van der Waals surface area contributed by atoms with E-state index in [-0.39, 0.29) is 22.9 Å². The lowest BCUT2D eigenvalue weighted by molar-refractivity contribution is 0.254. The standard InChI is InChI=1S/C21H29N5O5S/c1-5-8-16-18-19(26(4)24-16)21(28)23-20(22-18)15-11-14(9-10-17(15)31-7-3)32(29,30)25-13(6-2)12-27/h9-11,13,25,27H,5-8,12H2,1-4H3,(H,22,23,28). The molecule has 3 rings (SSSR count). The van der Waals surface area contributed by atoms with E-state index in [1.807, 2.05) is 13.8 Å². The number of aliphatic hydroxyl groups is 1. The topological polar surface area (TPSA) is 139 Å². The maximum absolute atomic E-state index is 12.9. The number of nitrogens with one attached hydrogen (secondary N) is 2. The monoisotopic (exact) mass is 463 g/mol. The van der Waals surface area contributed by atoms with Crippen molar-refractivity contribution in [1.29, 1.82) is 0 Å². The second-order valence-electron chi connectivity index (χ2n) is 7.43. The van der Waals surface area contributed by atoms with Gasteiger partial charge in [0.25, 0.3) is 5.56 Å². The number of rotatable bonds is 10. The molecule has 0 saturated heterocycles. The molecule has 0 bridgehead atoms. The van der Waals surface area contributed by atoms with E-state index in [0.717, 1.165) is 6.42 Å². The Labute approximate surface area is 186 Å². The summed E-state index contributed by atoms with van der Waals surface area (Å²) in [6, 6.07) is 3.77. The minimum absolute atomic E-state index is 0.0226. The van der Waals surface area contributed by atoms with Crippen LogP contribution in [0.3, 0.4) is 0 Å². The molecule has 32 heavy (non-hydrogen) atoms. The summed E-state index contributed by atoms with van der Waals surface area (Å²) in [5, 5.41) is 13.8. The van der Waals surface area contributed by atoms with Crippen molar-refractivity contribution < 1.29 is 18.3 Å². The van der Waals surface area contributed by atoms with E-state index < -0.39 is 16.1 Å². The zero-order valence-corrected chi connectivity index (χ0v) is 19.5. The van der Waals surface area contributed by atoms with Crippen LogP contribution in [0.2, 0.25) is 0 Å². The van der Waals surface area contributed by atoms with Gasteiger partial charge < -0.3 is 14.8 Å². The molecule has 1 unspecified atom stereocenters. The predicted octanol–water partition coefficient (Wildman–Crippen LogP) is 1.72. The number of H-pyrrole nitrogens is 1. The van der Waals surface area contributed by atoms with Crippen LogP contribution < -0.4 is 15.0 Å². The van der Waals surface area contributed by atoms with Gasteiger partial charge in [-0.3, -0.25) is 9.48 Å². The Kier molecular flexibility index (Phi) is 7.32. The van der Waals surface area contributed by atoms with Gasteiger partial charge >= 0.3 is 0 Å². The number of aryl methyl sites for hydroxylation is 2. The average molecular weight is 464 g/mol. The van der Waals surface area contributed by atoms with E-state index in [1.54, 1.807) is 14.0 Å². The Morgan fingerprint density at radius 2 is 2.03 bits per heavy atom. The molecule has 0 aliphatic rings. The van der Waals surface area contributed by atoms with Gasteiger partial charge in [-0.05, 0) is 38.0 Å². The van der Waals surface area contributed by atoms with E-state index in [2.05, 4.69) is 19.8 Å². The lowest BCUT2D eigenvalue weighted by Gasteiger charge is -2.16. The van der Waals surface area contributed by atoms with Crippen molar-refractivity contribution >= 4 is 21.1 Å². The van der Waals surface area contributed by atoms with Gasteiger partial charge in [-0.25, -0.2) is 18.1 Å². The summed E-state index contributed by atoms with van der Waals surface area (Å²) in [6.45, 7) is 5.63. The number of hydrogen-bond acceptors (Lipinski definition) is 7. The largest absolute Gasteiger partial charge is 0.493 e. The first-order valence-electron chi connectivity index (χ1n) is 10.6. The molecule has 0 amide bonds. The predicted molar refractivity (Wildman–Crippen MR) is 121 cm³/mol. The van der Waals surface area contributed by atoms with E-state index in [0.29, 0.717) is 47.5 Å². The summed E-state index contributed by atoms with van der Waals surface area (Å²) in [7, 11) is -2.22. The molecule has 2 heterocycles. The van der Waals surface area contributed by atoms with Crippen LogP contribution in [0.25, 0.3) is 22.4 Å². The SMILES string of the molecule is CCCc1nn(C)c2c(=O)[nH]c(-c3cc(S(=O)(=O)NC(CC)CO)ccc3OCC)nc12.